The second-order valence-corrected chi connectivity index (χ2v) is 5.59. The second-order valence-electron chi connectivity index (χ2n) is 4.80. The van der Waals surface area contributed by atoms with Gasteiger partial charge in [-0.05, 0) is 17.7 Å². The molecule has 1 aromatic heterocycles. The van der Waals surface area contributed by atoms with Crippen LogP contribution in [0.1, 0.15) is 17.7 Å². The van der Waals surface area contributed by atoms with Gasteiger partial charge in [0.1, 0.15) is 0 Å². The number of fused-ring (bicyclic) bond motifs is 1. The van der Waals surface area contributed by atoms with Gasteiger partial charge in [-0.1, -0.05) is 16.8 Å². The molecular formula is C14H15Cl2N3O2. The average Bonchev–Trinajstić information content (AvgIpc) is 2.74. The van der Waals surface area contributed by atoms with Crippen LogP contribution < -0.4 is 9.47 Å². The number of alkyl halides is 1. The normalized spacial score (nSPS) is 14.0. The molecule has 0 bridgehead atoms. The van der Waals surface area contributed by atoms with E-state index in [-0.39, 0.29) is 0 Å². The Bertz CT molecular complexity index is 631. The summed E-state index contributed by atoms with van der Waals surface area (Å²) >= 11 is 12.0. The van der Waals surface area contributed by atoms with Gasteiger partial charge in [-0.15, -0.1) is 16.7 Å². The number of hydrogen-bond acceptors (Lipinski definition) is 4. The zero-order chi connectivity index (χ0) is 14.7. The Hall–Kier alpha value is -1.46. The molecule has 0 atom stereocenters. The summed E-state index contributed by atoms with van der Waals surface area (Å²) in [5.74, 6) is 1.85. The Morgan fingerprint density at radius 3 is 2.95 bits per heavy atom. The van der Waals surface area contributed by atoms with Crippen molar-refractivity contribution in [1.82, 2.24) is 15.0 Å². The molecule has 0 spiro atoms. The van der Waals surface area contributed by atoms with Gasteiger partial charge in [0.05, 0.1) is 30.5 Å². The molecule has 0 amide bonds. The molecular weight excluding hydrogens is 313 g/mol. The minimum absolute atomic E-state index is 0.536. The second kappa shape index (κ2) is 6.54. The minimum atomic E-state index is 0.536. The van der Waals surface area contributed by atoms with Crippen molar-refractivity contribution in [2.75, 3.05) is 19.1 Å². The molecule has 0 saturated carbocycles. The summed E-state index contributed by atoms with van der Waals surface area (Å²) in [5, 5.41) is 8.71. The van der Waals surface area contributed by atoms with Gasteiger partial charge in [-0.25, -0.2) is 4.68 Å². The van der Waals surface area contributed by atoms with Crippen molar-refractivity contribution < 1.29 is 9.47 Å². The molecule has 0 fully saturated rings. The fourth-order valence-corrected chi connectivity index (χ4v) is 2.67. The zero-order valence-electron chi connectivity index (χ0n) is 11.4. The lowest BCUT2D eigenvalue weighted by molar-refractivity contribution is 0.297. The highest BCUT2D eigenvalue weighted by molar-refractivity contribution is 6.32. The summed E-state index contributed by atoms with van der Waals surface area (Å²) < 4.78 is 13.1. The molecule has 21 heavy (non-hydrogen) atoms. The number of aryl methyl sites for hydroxylation is 1. The summed E-state index contributed by atoms with van der Waals surface area (Å²) in [4.78, 5) is 0. The van der Waals surface area contributed by atoms with Crippen LogP contribution in [0.25, 0.3) is 0 Å². The minimum Gasteiger partial charge on any atom is -0.489 e. The lowest BCUT2D eigenvalue weighted by Gasteiger charge is -2.11. The van der Waals surface area contributed by atoms with Gasteiger partial charge in [-0.3, -0.25) is 0 Å². The molecule has 0 saturated heterocycles. The van der Waals surface area contributed by atoms with Gasteiger partial charge in [0.25, 0.3) is 0 Å². The van der Waals surface area contributed by atoms with E-state index in [1.165, 1.54) is 0 Å². The van der Waals surface area contributed by atoms with E-state index < -0.39 is 0 Å². The van der Waals surface area contributed by atoms with E-state index in [4.69, 9.17) is 32.7 Å². The van der Waals surface area contributed by atoms with E-state index >= 15 is 0 Å². The fraction of sp³-hybridized carbons (Fsp3) is 0.429. The third kappa shape index (κ3) is 3.41. The third-order valence-electron chi connectivity index (χ3n) is 3.14. The van der Waals surface area contributed by atoms with E-state index in [1.54, 1.807) is 4.68 Å². The maximum atomic E-state index is 6.27. The molecule has 0 unspecified atom stereocenters. The molecule has 3 rings (SSSR count). The maximum Gasteiger partial charge on any atom is 0.179 e. The number of hydrogen-bond donors (Lipinski definition) is 0. The van der Waals surface area contributed by atoms with Crippen molar-refractivity contribution in [3.8, 4) is 11.5 Å². The standard InChI is InChI=1S/C14H15Cl2N3O2/c15-3-2-11-9-19(18-17-11)8-10-6-12(16)14-13(7-10)20-4-1-5-21-14/h6-7,9H,1-5,8H2. The van der Waals surface area contributed by atoms with Crippen molar-refractivity contribution in [3.63, 3.8) is 0 Å². The van der Waals surface area contributed by atoms with Crippen LogP contribution >= 0.6 is 23.2 Å². The maximum absolute atomic E-state index is 6.27. The van der Waals surface area contributed by atoms with Crippen LogP contribution in [0, 0.1) is 0 Å². The highest BCUT2D eigenvalue weighted by Gasteiger charge is 2.16. The Balaban J connectivity index is 1.81. The summed E-state index contributed by atoms with van der Waals surface area (Å²) in [5.41, 5.74) is 1.87. The molecule has 0 radical (unpaired) electrons. The molecule has 2 heterocycles. The molecule has 1 aliphatic rings. The topological polar surface area (TPSA) is 49.2 Å². The summed E-state index contributed by atoms with van der Waals surface area (Å²) in [7, 11) is 0. The molecule has 0 aliphatic carbocycles. The third-order valence-corrected chi connectivity index (χ3v) is 3.61. The zero-order valence-corrected chi connectivity index (χ0v) is 12.9. The van der Waals surface area contributed by atoms with Gasteiger partial charge >= 0.3 is 0 Å². The summed E-state index contributed by atoms with van der Waals surface area (Å²) in [6, 6.07) is 3.81. The molecule has 2 aromatic rings. The van der Waals surface area contributed by atoms with Gasteiger partial charge in [-0.2, -0.15) is 0 Å². The van der Waals surface area contributed by atoms with Gasteiger partial charge in [0.2, 0.25) is 0 Å². The quantitative estimate of drug-likeness (QED) is 0.810. The molecule has 7 heteroatoms. The van der Waals surface area contributed by atoms with Gasteiger partial charge in [0.15, 0.2) is 11.5 Å². The highest BCUT2D eigenvalue weighted by Crippen LogP contribution is 2.38. The predicted octanol–water partition coefficient (Wildman–Crippen LogP) is 2.92. The number of aromatic nitrogens is 3. The first-order valence-corrected chi connectivity index (χ1v) is 7.70. The van der Waals surface area contributed by atoms with E-state index in [0.717, 1.165) is 17.7 Å². The summed E-state index contributed by atoms with van der Waals surface area (Å²) in [6.07, 6.45) is 3.45. The Morgan fingerprint density at radius 2 is 2.10 bits per heavy atom. The van der Waals surface area contributed by atoms with Crippen LogP contribution in [0.15, 0.2) is 18.3 Å². The Morgan fingerprint density at radius 1 is 1.24 bits per heavy atom. The Kier molecular flexibility index (Phi) is 4.51. The Labute approximate surface area is 132 Å². The number of ether oxygens (including phenoxy) is 2. The van der Waals surface area contributed by atoms with E-state index in [9.17, 15) is 0 Å². The molecule has 5 nitrogen and oxygen atoms in total. The molecule has 112 valence electrons. The van der Waals surface area contributed by atoms with Crippen LogP contribution in [0.4, 0.5) is 0 Å². The van der Waals surface area contributed by atoms with Crippen LogP contribution in [0.2, 0.25) is 5.02 Å². The first-order valence-electron chi connectivity index (χ1n) is 6.79. The number of halogens is 2. The van der Waals surface area contributed by atoms with Crippen molar-refractivity contribution >= 4 is 23.2 Å². The SMILES string of the molecule is ClCCc1cn(Cc2cc(Cl)c3c(c2)OCCCO3)nn1. The smallest absolute Gasteiger partial charge is 0.179 e. The van der Waals surface area contributed by atoms with Crippen molar-refractivity contribution in [2.45, 2.75) is 19.4 Å². The van der Waals surface area contributed by atoms with Gasteiger partial charge in [0, 0.05) is 24.9 Å². The number of nitrogens with zero attached hydrogens (tertiary/aromatic N) is 3. The molecule has 1 aliphatic heterocycles. The predicted molar refractivity (Wildman–Crippen MR) is 80.6 cm³/mol. The average molecular weight is 328 g/mol. The van der Waals surface area contributed by atoms with E-state index in [2.05, 4.69) is 10.3 Å². The lowest BCUT2D eigenvalue weighted by atomic mass is 10.2. The van der Waals surface area contributed by atoms with Crippen molar-refractivity contribution in [2.24, 2.45) is 0 Å². The van der Waals surface area contributed by atoms with Crippen LogP contribution in [0.3, 0.4) is 0 Å². The number of rotatable bonds is 4. The molecule has 0 N–H and O–H groups in total. The highest BCUT2D eigenvalue weighted by atomic mass is 35.5. The van der Waals surface area contributed by atoms with Crippen LogP contribution in [0.5, 0.6) is 11.5 Å². The first-order chi connectivity index (χ1) is 10.3. The van der Waals surface area contributed by atoms with Crippen LogP contribution in [-0.2, 0) is 13.0 Å². The fourth-order valence-electron chi connectivity index (χ4n) is 2.19. The van der Waals surface area contributed by atoms with Gasteiger partial charge < -0.3 is 9.47 Å². The first kappa shape index (κ1) is 14.5. The van der Waals surface area contributed by atoms with E-state index in [0.29, 0.717) is 48.6 Å². The summed E-state index contributed by atoms with van der Waals surface area (Å²) in [6.45, 7) is 1.83. The number of benzene rings is 1. The lowest BCUT2D eigenvalue weighted by Crippen LogP contribution is -2.02. The van der Waals surface area contributed by atoms with Crippen molar-refractivity contribution in [1.29, 1.82) is 0 Å². The molecule has 1 aromatic carbocycles. The van der Waals surface area contributed by atoms with E-state index in [1.807, 2.05) is 18.3 Å². The van der Waals surface area contributed by atoms with Crippen molar-refractivity contribution in [3.05, 3.63) is 34.6 Å². The monoisotopic (exact) mass is 327 g/mol. The largest absolute Gasteiger partial charge is 0.489 e. The van der Waals surface area contributed by atoms with Crippen LogP contribution in [-0.4, -0.2) is 34.1 Å².